The summed E-state index contributed by atoms with van der Waals surface area (Å²) in [4.78, 5) is 20.0. The van der Waals surface area contributed by atoms with Crippen molar-refractivity contribution in [3.05, 3.63) is 54.4 Å². The third-order valence-electron chi connectivity index (χ3n) is 7.06. The number of hydrogen-bond acceptors (Lipinski definition) is 7. The van der Waals surface area contributed by atoms with Crippen LogP contribution in [0.15, 0.2) is 48.4 Å². The van der Waals surface area contributed by atoms with Gasteiger partial charge in [0, 0.05) is 42.3 Å². The van der Waals surface area contributed by atoms with Gasteiger partial charge in [-0.2, -0.15) is 14.6 Å². The topological polar surface area (TPSA) is 95.6 Å². The second-order valence-electron chi connectivity index (χ2n) is 9.16. The lowest BCUT2D eigenvalue weighted by Gasteiger charge is -2.27. The zero-order valence-corrected chi connectivity index (χ0v) is 19.3. The first-order valence-electron chi connectivity index (χ1n) is 12.1. The van der Waals surface area contributed by atoms with Crippen LogP contribution in [-0.4, -0.2) is 37.6 Å². The van der Waals surface area contributed by atoms with Gasteiger partial charge in [0.2, 0.25) is 11.9 Å². The lowest BCUT2D eigenvalue weighted by molar-refractivity contribution is 0.526. The Morgan fingerprint density at radius 3 is 2.71 bits per heavy atom. The molecule has 0 unspecified atom stereocenters. The molecule has 0 radical (unpaired) electrons. The fraction of sp³-hybridized carbons (Fsp3) is 0.346. The van der Waals surface area contributed by atoms with E-state index in [-0.39, 0.29) is 6.04 Å². The molecular weight excluding hydrogens is 443 g/mol. The molecule has 4 aromatic heterocycles. The van der Waals surface area contributed by atoms with Gasteiger partial charge in [0.1, 0.15) is 17.0 Å². The SMILES string of the molecule is N#CCC1=CCN(c2ccc(Nc3ncc4c5ccnc(F)c5n(C5CCCC5)c4n3)nc2)CC1. The number of rotatable bonds is 5. The van der Waals surface area contributed by atoms with Crippen LogP contribution in [0.25, 0.3) is 21.9 Å². The highest BCUT2D eigenvalue weighted by atomic mass is 19.1. The zero-order chi connectivity index (χ0) is 23.8. The molecule has 1 N–H and O–H groups in total. The van der Waals surface area contributed by atoms with Gasteiger partial charge in [0.05, 0.1) is 24.4 Å². The minimum absolute atomic E-state index is 0.209. The summed E-state index contributed by atoms with van der Waals surface area (Å²) >= 11 is 0. The number of hydrogen-bond donors (Lipinski definition) is 1. The number of anilines is 3. The highest BCUT2D eigenvalue weighted by Crippen LogP contribution is 2.38. The summed E-state index contributed by atoms with van der Waals surface area (Å²) in [6.45, 7) is 1.65. The smallest absolute Gasteiger partial charge is 0.237 e. The number of halogens is 1. The van der Waals surface area contributed by atoms with Gasteiger partial charge in [-0.25, -0.2) is 15.0 Å². The first-order chi connectivity index (χ1) is 17.2. The van der Waals surface area contributed by atoms with E-state index in [2.05, 4.69) is 37.3 Å². The molecule has 0 spiro atoms. The molecule has 0 saturated heterocycles. The molecule has 1 aliphatic carbocycles. The molecule has 0 aromatic carbocycles. The van der Waals surface area contributed by atoms with Crippen LogP contribution in [0.1, 0.15) is 44.6 Å². The predicted octanol–water partition coefficient (Wildman–Crippen LogP) is 5.42. The van der Waals surface area contributed by atoms with E-state index in [0.717, 1.165) is 67.3 Å². The molecule has 5 heterocycles. The number of nitrogens with one attached hydrogen (secondary N) is 1. The average Bonchev–Trinajstić information content (AvgIpc) is 3.52. The summed E-state index contributed by atoms with van der Waals surface area (Å²) in [5.74, 6) is 0.601. The van der Waals surface area contributed by atoms with Gasteiger partial charge in [0.25, 0.3) is 0 Å². The molecule has 0 bridgehead atoms. The van der Waals surface area contributed by atoms with Crippen LogP contribution in [0.2, 0.25) is 0 Å². The van der Waals surface area contributed by atoms with Crippen molar-refractivity contribution in [2.75, 3.05) is 23.3 Å². The minimum atomic E-state index is -0.466. The van der Waals surface area contributed by atoms with Crippen LogP contribution in [0, 0.1) is 17.3 Å². The van der Waals surface area contributed by atoms with E-state index in [1.54, 1.807) is 6.20 Å². The van der Waals surface area contributed by atoms with Crippen LogP contribution < -0.4 is 10.2 Å². The quantitative estimate of drug-likeness (QED) is 0.308. The lowest BCUT2D eigenvalue weighted by Crippen LogP contribution is -2.28. The third-order valence-corrected chi connectivity index (χ3v) is 7.06. The van der Waals surface area contributed by atoms with E-state index in [9.17, 15) is 4.39 Å². The van der Waals surface area contributed by atoms with E-state index >= 15 is 0 Å². The summed E-state index contributed by atoms with van der Waals surface area (Å²) in [6, 6.07) is 8.20. The van der Waals surface area contributed by atoms with Crippen molar-refractivity contribution in [3.63, 3.8) is 0 Å². The molecule has 0 amide bonds. The summed E-state index contributed by atoms with van der Waals surface area (Å²) in [5.41, 5.74) is 3.47. The highest BCUT2D eigenvalue weighted by Gasteiger charge is 2.25. The summed E-state index contributed by atoms with van der Waals surface area (Å²) in [5, 5.41) is 13.7. The molecule has 1 aliphatic heterocycles. The van der Waals surface area contributed by atoms with Crippen molar-refractivity contribution in [3.8, 4) is 6.07 Å². The minimum Gasteiger partial charge on any atom is -0.366 e. The fourth-order valence-electron chi connectivity index (χ4n) is 5.27. The molecule has 176 valence electrons. The van der Waals surface area contributed by atoms with Crippen LogP contribution in [0.4, 0.5) is 21.8 Å². The molecule has 9 heteroatoms. The van der Waals surface area contributed by atoms with E-state index in [0.29, 0.717) is 23.7 Å². The molecular formula is C26H25FN8. The Kier molecular flexibility index (Phi) is 5.49. The molecule has 1 fully saturated rings. The maximum Gasteiger partial charge on any atom is 0.237 e. The van der Waals surface area contributed by atoms with Gasteiger partial charge >= 0.3 is 0 Å². The second-order valence-corrected chi connectivity index (χ2v) is 9.16. The molecule has 6 rings (SSSR count). The monoisotopic (exact) mass is 468 g/mol. The zero-order valence-electron chi connectivity index (χ0n) is 19.3. The van der Waals surface area contributed by atoms with Gasteiger partial charge in [-0.1, -0.05) is 24.5 Å². The van der Waals surface area contributed by atoms with Crippen molar-refractivity contribution in [2.45, 2.75) is 44.6 Å². The van der Waals surface area contributed by atoms with Crippen molar-refractivity contribution in [1.82, 2.24) is 24.5 Å². The van der Waals surface area contributed by atoms with Gasteiger partial charge in [-0.05, 0) is 37.5 Å². The van der Waals surface area contributed by atoms with Crippen molar-refractivity contribution in [1.29, 1.82) is 5.26 Å². The average molecular weight is 469 g/mol. The lowest BCUT2D eigenvalue weighted by atomic mass is 10.1. The first-order valence-corrected chi connectivity index (χ1v) is 12.1. The van der Waals surface area contributed by atoms with Gasteiger partial charge in [-0.15, -0.1) is 0 Å². The molecule has 1 saturated carbocycles. The largest absolute Gasteiger partial charge is 0.366 e. The Balaban J connectivity index is 1.28. The van der Waals surface area contributed by atoms with Crippen LogP contribution in [0.3, 0.4) is 0 Å². The summed E-state index contributed by atoms with van der Waals surface area (Å²) < 4.78 is 16.8. The second kappa shape index (κ2) is 8.95. The number of pyridine rings is 2. The third kappa shape index (κ3) is 3.95. The first kappa shape index (κ1) is 21.5. The summed E-state index contributed by atoms with van der Waals surface area (Å²) in [7, 11) is 0. The molecule has 4 aromatic rings. The maximum absolute atomic E-state index is 14.8. The van der Waals surface area contributed by atoms with Crippen LogP contribution in [0.5, 0.6) is 0 Å². The molecule has 2 aliphatic rings. The van der Waals surface area contributed by atoms with Gasteiger partial charge in [-0.3, -0.25) is 0 Å². The van der Waals surface area contributed by atoms with E-state index in [4.69, 9.17) is 10.2 Å². The number of nitrogens with zero attached hydrogens (tertiary/aromatic N) is 7. The predicted molar refractivity (Wildman–Crippen MR) is 133 cm³/mol. The Labute approximate surface area is 202 Å². The molecule has 8 nitrogen and oxygen atoms in total. The van der Waals surface area contributed by atoms with Crippen molar-refractivity contribution >= 4 is 39.4 Å². The van der Waals surface area contributed by atoms with E-state index < -0.39 is 5.95 Å². The fourth-order valence-corrected chi connectivity index (χ4v) is 5.27. The Bertz CT molecular complexity index is 1460. The van der Waals surface area contributed by atoms with Gasteiger partial charge in [0.15, 0.2) is 0 Å². The Morgan fingerprint density at radius 1 is 1.09 bits per heavy atom. The Morgan fingerprint density at radius 2 is 1.97 bits per heavy atom. The van der Waals surface area contributed by atoms with Crippen molar-refractivity contribution in [2.24, 2.45) is 0 Å². The number of aromatic nitrogens is 5. The van der Waals surface area contributed by atoms with E-state index in [1.165, 1.54) is 11.8 Å². The van der Waals surface area contributed by atoms with Crippen molar-refractivity contribution < 1.29 is 4.39 Å². The van der Waals surface area contributed by atoms with Crippen LogP contribution in [-0.2, 0) is 0 Å². The molecule has 35 heavy (non-hydrogen) atoms. The van der Waals surface area contributed by atoms with Gasteiger partial charge < -0.3 is 14.8 Å². The highest BCUT2D eigenvalue weighted by molar-refractivity contribution is 6.06. The normalized spacial score (nSPS) is 16.6. The number of nitriles is 1. The number of fused-ring (bicyclic) bond motifs is 3. The maximum atomic E-state index is 14.8. The standard InChI is InChI=1S/C26H25FN8/c27-24-23-20(8-12-29-24)21-16-31-26(33-25(21)35(23)18-3-1-2-4-18)32-22-6-5-19(15-30-22)34-13-9-17(7-11-28)10-14-34/h5-6,8-9,12,15-16,18H,1-4,7,10,13-14H2,(H,30,31,32,33). The Hall–Kier alpha value is -4.06. The summed E-state index contributed by atoms with van der Waals surface area (Å²) in [6.07, 6.45) is 12.9. The molecule has 0 atom stereocenters. The van der Waals surface area contributed by atoms with E-state index in [1.807, 2.05) is 29.0 Å². The van der Waals surface area contributed by atoms with Crippen LogP contribution >= 0.6 is 0 Å².